The number of esters is 4. The van der Waals surface area contributed by atoms with Crippen LogP contribution in [0.3, 0.4) is 0 Å². The zero-order valence-corrected chi connectivity index (χ0v) is 14.2. The Hall–Kier alpha value is -2.28. The van der Waals surface area contributed by atoms with Crippen molar-refractivity contribution in [3.8, 4) is 0 Å². The van der Waals surface area contributed by atoms with Crippen molar-refractivity contribution in [3.05, 3.63) is 0 Å². The molecule has 4 atom stereocenters. The van der Waals surface area contributed by atoms with E-state index in [9.17, 15) is 29.4 Å². The second-order valence-electron chi connectivity index (χ2n) is 4.99. The van der Waals surface area contributed by atoms with Gasteiger partial charge in [0.1, 0.15) is 25.4 Å². The Morgan fingerprint density at radius 1 is 0.731 bits per heavy atom. The lowest BCUT2D eigenvalue weighted by Crippen LogP contribution is -2.48. The van der Waals surface area contributed by atoms with Crippen LogP contribution in [0.1, 0.15) is 13.8 Å². The predicted octanol–water partition coefficient (Wildman–Crippen LogP) is -3.36. The highest BCUT2D eigenvalue weighted by Crippen LogP contribution is 2.11. The number of carbonyl (C=O) groups excluding carboxylic acids is 4. The van der Waals surface area contributed by atoms with Crippen molar-refractivity contribution in [3.63, 3.8) is 0 Å². The molecule has 4 N–H and O–H groups in total. The molecule has 0 saturated carbocycles. The van der Waals surface area contributed by atoms with Crippen molar-refractivity contribution >= 4 is 23.9 Å². The third-order valence-corrected chi connectivity index (χ3v) is 2.58. The zero-order valence-electron chi connectivity index (χ0n) is 14.2. The van der Waals surface area contributed by atoms with E-state index in [-0.39, 0.29) is 0 Å². The molecule has 0 aromatic heterocycles. The van der Waals surface area contributed by atoms with Crippen LogP contribution in [-0.2, 0) is 38.1 Å². The van der Waals surface area contributed by atoms with Gasteiger partial charge in [-0.05, 0) is 0 Å². The van der Waals surface area contributed by atoms with Gasteiger partial charge in [-0.25, -0.2) is 9.59 Å². The van der Waals surface area contributed by atoms with Gasteiger partial charge >= 0.3 is 23.9 Å². The maximum absolute atomic E-state index is 12.0. The Bertz CT molecular complexity index is 446. The fourth-order valence-corrected chi connectivity index (χ4v) is 1.45. The molecule has 0 amide bonds. The van der Waals surface area contributed by atoms with Crippen LogP contribution in [0, 0.1) is 0 Å². The predicted molar refractivity (Wildman–Crippen MR) is 79.2 cm³/mol. The highest BCUT2D eigenvalue weighted by Gasteiger charge is 2.42. The first-order valence-corrected chi connectivity index (χ1v) is 7.37. The molecule has 0 aromatic rings. The van der Waals surface area contributed by atoms with Crippen molar-refractivity contribution in [2.45, 2.75) is 38.3 Å². The van der Waals surface area contributed by atoms with Gasteiger partial charge < -0.3 is 39.4 Å². The van der Waals surface area contributed by atoms with E-state index >= 15 is 0 Å². The molecule has 0 heterocycles. The summed E-state index contributed by atoms with van der Waals surface area (Å²) in [4.78, 5) is 46.5. The van der Waals surface area contributed by atoms with Crippen LogP contribution in [0.4, 0.5) is 0 Å². The van der Waals surface area contributed by atoms with E-state index < -0.39 is 74.7 Å². The molecule has 0 fully saturated rings. The highest BCUT2D eigenvalue weighted by molar-refractivity contribution is 5.89. The number of aliphatic hydroxyl groups is 4. The Balaban J connectivity index is 5.31. The molecular weight excluding hydrogens is 360 g/mol. The number of ether oxygens (including phenoxy) is 4. The quantitative estimate of drug-likeness (QED) is 0.206. The molecule has 150 valence electrons. The van der Waals surface area contributed by atoms with Crippen LogP contribution in [0.15, 0.2) is 0 Å². The number of aliphatic hydroxyl groups excluding tert-OH is 4. The first-order chi connectivity index (χ1) is 12.1. The van der Waals surface area contributed by atoms with Crippen molar-refractivity contribution in [2.75, 3.05) is 26.4 Å². The molecule has 0 bridgehead atoms. The molecule has 0 aliphatic carbocycles. The zero-order chi connectivity index (χ0) is 20.3. The van der Waals surface area contributed by atoms with E-state index in [2.05, 4.69) is 18.9 Å². The average Bonchev–Trinajstić information content (AvgIpc) is 2.59. The van der Waals surface area contributed by atoms with Crippen LogP contribution in [0.25, 0.3) is 0 Å². The summed E-state index contributed by atoms with van der Waals surface area (Å²) in [6.45, 7) is -0.987. The second kappa shape index (κ2) is 12.1. The lowest BCUT2D eigenvalue weighted by atomic mass is 10.2. The van der Waals surface area contributed by atoms with E-state index in [1.54, 1.807) is 0 Å². The minimum absolute atomic E-state index is 0.682. The largest absolute Gasteiger partial charge is 0.460 e. The molecule has 12 nitrogen and oxygen atoms in total. The monoisotopic (exact) mass is 382 g/mol. The summed E-state index contributed by atoms with van der Waals surface area (Å²) in [7, 11) is 0. The molecule has 0 aromatic carbocycles. The maximum Gasteiger partial charge on any atom is 0.352 e. The van der Waals surface area contributed by atoms with Gasteiger partial charge in [-0.1, -0.05) is 0 Å². The van der Waals surface area contributed by atoms with Crippen LogP contribution in [-0.4, -0.2) is 95.1 Å². The summed E-state index contributed by atoms with van der Waals surface area (Å²) in [5, 5.41) is 35.7. The topological polar surface area (TPSA) is 186 Å². The normalized spacial score (nSPS) is 15.2. The molecule has 0 aliphatic rings. The SMILES string of the molecule is CC(=O)O[C@@H](C(=O)OCC(O)CO)[C@@H](OC(C)=O)C(=O)OCC(O)CO. The number of hydrogen-bond acceptors (Lipinski definition) is 12. The maximum atomic E-state index is 12.0. The van der Waals surface area contributed by atoms with Gasteiger partial charge in [0, 0.05) is 13.8 Å². The van der Waals surface area contributed by atoms with Gasteiger partial charge in [0.15, 0.2) is 0 Å². The molecule has 0 aliphatic heterocycles. The summed E-state index contributed by atoms with van der Waals surface area (Å²) in [6, 6.07) is 0. The summed E-state index contributed by atoms with van der Waals surface area (Å²) < 4.78 is 18.5. The Kier molecular flexibility index (Phi) is 11.1. The highest BCUT2D eigenvalue weighted by atomic mass is 16.6. The standard InChI is InChI=1S/C14H22O12/c1-7(17)25-11(13(21)23-5-9(19)3-15)12(26-8(2)18)14(22)24-6-10(20)4-16/h9-12,15-16,19-20H,3-6H2,1-2H3/t9?,10?,11-,12-/m1/s1. The van der Waals surface area contributed by atoms with Crippen molar-refractivity contribution in [1.82, 2.24) is 0 Å². The Labute approximate surface area is 148 Å². The molecule has 0 rings (SSSR count). The number of carbonyl (C=O) groups is 4. The molecule has 12 heteroatoms. The average molecular weight is 382 g/mol. The van der Waals surface area contributed by atoms with Crippen LogP contribution in [0.2, 0.25) is 0 Å². The van der Waals surface area contributed by atoms with E-state index in [1.165, 1.54) is 0 Å². The molecular formula is C14H22O12. The smallest absolute Gasteiger partial charge is 0.352 e. The molecule has 26 heavy (non-hydrogen) atoms. The van der Waals surface area contributed by atoms with Crippen LogP contribution in [0.5, 0.6) is 0 Å². The second-order valence-corrected chi connectivity index (χ2v) is 4.99. The van der Waals surface area contributed by atoms with Crippen molar-refractivity contribution in [2.24, 2.45) is 0 Å². The Morgan fingerprint density at radius 2 is 1.04 bits per heavy atom. The van der Waals surface area contributed by atoms with Gasteiger partial charge in [0.2, 0.25) is 12.2 Å². The van der Waals surface area contributed by atoms with E-state index in [4.69, 9.17) is 10.2 Å². The van der Waals surface area contributed by atoms with Gasteiger partial charge in [-0.15, -0.1) is 0 Å². The Morgan fingerprint density at radius 3 is 1.27 bits per heavy atom. The number of hydrogen-bond donors (Lipinski definition) is 4. The van der Waals surface area contributed by atoms with E-state index in [0.29, 0.717) is 0 Å². The van der Waals surface area contributed by atoms with Crippen LogP contribution < -0.4 is 0 Å². The summed E-state index contributed by atoms with van der Waals surface area (Å²) in [6.07, 6.45) is -6.95. The molecule has 0 spiro atoms. The summed E-state index contributed by atoms with van der Waals surface area (Å²) in [5.41, 5.74) is 0. The third-order valence-electron chi connectivity index (χ3n) is 2.58. The van der Waals surface area contributed by atoms with E-state index in [0.717, 1.165) is 13.8 Å². The lowest BCUT2D eigenvalue weighted by Gasteiger charge is -2.24. The first-order valence-electron chi connectivity index (χ1n) is 7.37. The van der Waals surface area contributed by atoms with Gasteiger partial charge in [0.05, 0.1) is 13.2 Å². The first kappa shape index (κ1) is 23.7. The van der Waals surface area contributed by atoms with Gasteiger partial charge in [-0.2, -0.15) is 0 Å². The third kappa shape index (κ3) is 9.27. The molecule has 0 saturated heterocycles. The van der Waals surface area contributed by atoms with Crippen molar-refractivity contribution < 1.29 is 58.6 Å². The number of rotatable bonds is 11. The summed E-state index contributed by atoms with van der Waals surface area (Å²) >= 11 is 0. The van der Waals surface area contributed by atoms with Gasteiger partial charge in [0.25, 0.3) is 0 Å². The molecule has 2 unspecified atom stereocenters. The minimum atomic E-state index is -2.05. The lowest BCUT2D eigenvalue weighted by molar-refractivity contribution is -0.192. The molecule has 0 radical (unpaired) electrons. The fourth-order valence-electron chi connectivity index (χ4n) is 1.45. The minimum Gasteiger partial charge on any atom is -0.460 e. The van der Waals surface area contributed by atoms with Gasteiger partial charge in [-0.3, -0.25) is 9.59 Å². The van der Waals surface area contributed by atoms with Crippen molar-refractivity contribution in [1.29, 1.82) is 0 Å². The van der Waals surface area contributed by atoms with Crippen LogP contribution >= 0.6 is 0 Å². The van der Waals surface area contributed by atoms with E-state index in [1.807, 2.05) is 0 Å². The fraction of sp³-hybridized carbons (Fsp3) is 0.714. The summed E-state index contributed by atoms with van der Waals surface area (Å²) in [5.74, 6) is -4.73.